The van der Waals surface area contributed by atoms with E-state index in [1.807, 2.05) is 12.3 Å². The molecule has 3 N–H and O–H groups in total. The molecule has 0 radical (unpaired) electrons. The third-order valence-electron chi connectivity index (χ3n) is 7.56. The molecule has 6 rings (SSSR count). The van der Waals surface area contributed by atoms with Gasteiger partial charge in [-0.1, -0.05) is 0 Å². The molecule has 2 aromatic rings. The van der Waals surface area contributed by atoms with E-state index in [0.717, 1.165) is 22.6 Å². The number of nitrogens with one attached hydrogen (secondary N) is 3. The molecule has 4 aliphatic rings. The first-order chi connectivity index (χ1) is 13.0. The minimum atomic E-state index is -0.0818. The minimum absolute atomic E-state index is 0.0818. The molecule has 0 saturated heterocycles. The van der Waals surface area contributed by atoms with Crippen molar-refractivity contribution in [2.24, 2.45) is 17.8 Å². The van der Waals surface area contributed by atoms with Crippen LogP contribution < -0.4 is 10.6 Å². The van der Waals surface area contributed by atoms with Gasteiger partial charge in [0.15, 0.2) is 0 Å². The first kappa shape index (κ1) is 17.0. The summed E-state index contributed by atoms with van der Waals surface area (Å²) in [5.41, 5.74) is 2.80. The lowest BCUT2D eigenvalue weighted by Gasteiger charge is -2.62. The molecule has 144 valence electrons. The summed E-state index contributed by atoms with van der Waals surface area (Å²) < 4.78 is 0. The number of pyridine rings is 1. The van der Waals surface area contributed by atoms with Gasteiger partial charge in [0.25, 0.3) is 5.91 Å². The highest BCUT2D eigenvalue weighted by Crippen LogP contribution is 2.58. The molecule has 2 heterocycles. The van der Waals surface area contributed by atoms with Gasteiger partial charge in [-0.05, 0) is 70.0 Å². The maximum Gasteiger partial charge on any atom is 0.254 e. The molecule has 1 amide bonds. The first-order valence-corrected chi connectivity index (χ1v) is 10.1. The van der Waals surface area contributed by atoms with Crippen LogP contribution in [0.15, 0.2) is 18.5 Å². The third-order valence-corrected chi connectivity index (χ3v) is 7.56. The smallest absolute Gasteiger partial charge is 0.254 e. The van der Waals surface area contributed by atoms with Crippen molar-refractivity contribution in [3.05, 3.63) is 24.0 Å². The second-order valence-electron chi connectivity index (χ2n) is 9.12. The summed E-state index contributed by atoms with van der Waals surface area (Å²) in [6, 6.07) is 2.47. The molecule has 4 bridgehead atoms. The molecule has 27 heavy (non-hydrogen) atoms. The van der Waals surface area contributed by atoms with Crippen molar-refractivity contribution in [3.63, 3.8) is 0 Å². The van der Waals surface area contributed by atoms with Crippen LogP contribution in [0.4, 0.5) is 5.69 Å². The van der Waals surface area contributed by atoms with Gasteiger partial charge in [-0.3, -0.25) is 4.79 Å². The van der Waals surface area contributed by atoms with E-state index in [9.17, 15) is 4.79 Å². The number of carbonyl (C=O) groups is 1. The van der Waals surface area contributed by atoms with Crippen LogP contribution in [0.1, 0.15) is 42.5 Å². The van der Waals surface area contributed by atoms with Crippen molar-refractivity contribution in [2.45, 2.75) is 43.7 Å². The number of H-pyrrole nitrogens is 1. The van der Waals surface area contributed by atoms with Crippen molar-refractivity contribution >= 4 is 22.6 Å². The van der Waals surface area contributed by atoms with E-state index in [1.54, 1.807) is 13.2 Å². The molecule has 6 heteroatoms. The van der Waals surface area contributed by atoms with Gasteiger partial charge in [0, 0.05) is 36.4 Å². The van der Waals surface area contributed by atoms with Gasteiger partial charge in [0.1, 0.15) is 5.65 Å². The molecule has 4 fully saturated rings. The Morgan fingerprint density at radius 2 is 2.00 bits per heavy atom. The number of hydrogen-bond donors (Lipinski definition) is 3. The summed E-state index contributed by atoms with van der Waals surface area (Å²) in [6.45, 7) is 0. The van der Waals surface area contributed by atoms with Crippen LogP contribution >= 0.6 is 0 Å². The van der Waals surface area contributed by atoms with E-state index in [2.05, 4.69) is 39.6 Å². The number of amides is 1. The van der Waals surface area contributed by atoms with Crippen LogP contribution in [-0.4, -0.2) is 53.5 Å². The van der Waals surface area contributed by atoms with Gasteiger partial charge < -0.3 is 20.5 Å². The summed E-state index contributed by atoms with van der Waals surface area (Å²) in [5, 5.41) is 7.63. The topological polar surface area (TPSA) is 73.0 Å². The molecule has 2 atom stereocenters. The lowest BCUT2D eigenvalue weighted by atomic mass is 9.50. The normalized spacial score (nSPS) is 34.4. The fraction of sp³-hybridized carbons (Fsp3) is 0.619. The highest BCUT2D eigenvalue weighted by atomic mass is 16.1. The number of fused-ring (bicyclic) bond motifs is 1. The second kappa shape index (κ2) is 5.96. The molecule has 0 spiro atoms. The van der Waals surface area contributed by atoms with Crippen molar-refractivity contribution in [1.29, 1.82) is 0 Å². The van der Waals surface area contributed by atoms with E-state index >= 15 is 0 Å². The van der Waals surface area contributed by atoms with Crippen LogP contribution in [-0.2, 0) is 0 Å². The average molecular weight is 367 g/mol. The maximum atomic E-state index is 12.5. The Kier molecular flexibility index (Phi) is 3.76. The average Bonchev–Trinajstić information content (AvgIpc) is 3.12. The quantitative estimate of drug-likeness (QED) is 0.777. The standard InChI is InChI=1S/C21H29N5O/c1-22-20(27)16-11-24-19-15(4-5-23-19)18(16)25-17-13-6-12-7-14(17)10-21(8-12,9-13)26(2)3/h4-5,11-14,17H,6-10H2,1-3H3,(H,22,27)(H2,23,24,25). The Bertz CT molecular complexity index is 872. The molecule has 6 nitrogen and oxygen atoms in total. The second-order valence-corrected chi connectivity index (χ2v) is 9.12. The fourth-order valence-corrected chi connectivity index (χ4v) is 6.40. The molecular weight excluding hydrogens is 338 g/mol. The zero-order valence-corrected chi connectivity index (χ0v) is 16.4. The lowest BCUT2D eigenvalue weighted by Crippen LogP contribution is -2.63. The van der Waals surface area contributed by atoms with Crippen molar-refractivity contribution in [1.82, 2.24) is 20.2 Å². The zero-order chi connectivity index (χ0) is 18.8. The van der Waals surface area contributed by atoms with Gasteiger partial charge in [-0.15, -0.1) is 0 Å². The van der Waals surface area contributed by atoms with Crippen molar-refractivity contribution < 1.29 is 4.79 Å². The van der Waals surface area contributed by atoms with Crippen LogP contribution in [0.2, 0.25) is 0 Å². The summed E-state index contributed by atoms with van der Waals surface area (Å²) in [5.74, 6) is 2.14. The molecule has 0 aliphatic heterocycles. The Morgan fingerprint density at radius 3 is 2.67 bits per heavy atom. The molecule has 2 unspecified atom stereocenters. The predicted molar refractivity (Wildman–Crippen MR) is 107 cm³/mol. The molecule has 0 aromatic carbocycles. The number of carbonyl (C=O) groups excluding carboxylic acids is 1. The number of nitrogens with zero attached hydrogens (tertiary/aromatic N) is 2. The van der Waals surface area contributed by atoms with Gasteiger partial charge in [0.2, 0.25) is 0 Å². The van der Waals surface area contributed by atoms with Gasteiger partial charge in [-0.2, -0.15) is 0 Å². The minimum Gasteiger partial charge on any atom is -0.380 e. The third kappa shape index (κ3) is 2.49. The van der Waals surface area contributed by atoms with E-state index in [-0.39, 0.29) is 5.91 Å². The van der Waals surface area contributed by atoms with E-state index in [4.69, 9.17) is 0 Å². The Morgan fingerprint density at radius 1 is 1.26 bits per heavy atom. The first-order valence-electron chi connectivity index (χ1n) is 10.1. The van der Waals surface area contributed by atoms with Crippen LogP contribution in [0.5, 0.6) is 0 Å². The highest BCUT2D eigenvalue weighted by molar-refractivity contribution is 6.06. The molecule has 4 aliphatic carbocycles. The number of anilines is 1. The van der Waals surface area contributed by atoms with Crippen LogP contribution in [0, 0.1) is 17.8 Å². The Hall–Kier alpha value is -2.08. The summed E-state index contributed by atoms with van der Waals surface area (Å²) >= 11 is 0. The van der Waals surface area contributed by atoms with E-state index in [0.29, 0.717) is 29.0 Å². The molecular formula is C21H29N5O. The number of hydrogen-bond acceptors (Lipinski definition) is 4. The van der Waals surface area contributed by atoms with Gasteiger partial charge >= 0.3 is 0 Å². The fourth-order valence-electron chi connectivity index (χ4n) is 6.40. The van der Waals surface area contributed by atoms with Crippen molar-refractivity contribution in [2.75, 3.05) is 26.5 Å². The number of aromatic amines is 1. The summed E-state index contributed by atoms with van der Waals surface area (Å²) in [4.78, 5) is 22.6. The lowest BCUT2D eigenvalue weighted by molar-refractivity contribution is -0.0770. The summed E-state index contributed by atoms with van der Waals surface area (Å²) in [7, 11) is 6.19. The monoisotopic (exact) mass is 367 g/mol. The van der Waals surface area contributed by atoms with Crippen LogP contribution in [0.3, 0.4) is 0 Å². The van der Waals surface area contributed by atoms with Gasteiger partial charge in [-0.25, -0.2) is 4.98 Å². The number of aromatic nitrogens is 2. The van der Waals surface area contributed by atoms with Crippen molar-refractivity contribution in [3.8, 4) is 0 Å². The summed E-state index contributed by atoms with van der Waals surface area (Å²) in [6.07, 6.45) is 10.1. The molecule has 2 aromatic heterocycles. The number of rotatable bonds is 4. The Labute approximate surface area is 160 Å². The zero-order valence-electron chi connectivity index (χ0n) is 16.4. The SMILES string of the molecule is CNC(=O)c1cnc2[nH]ccc2c1NC1C2CC3CC1CC(N(C)C)(C3)C2. The largest absolute Gasteiger partial charge is 0.380 e. The van der Waals surface area contributed by atoms with Crippen LogP contribution in [0.25, 0.3) is 11.0 Å². The Balaban J connectivity index is 1.51. The van der Waals surface area contributed by atoms with E-state index in [1.165, 1.54) is 32.1 Å². The maximum absolute atomic E-state index is 12.5. The highest BCUT2D eigenvalue weighted by Gasteiger charge is 2.56. The molecule has 4 saturated carbocycles. The van der Waals surface area contributed by atoms with E-state index < -0.39 is 0 Å². The predicted octanol–water partition coefficient (Wildman–Crippen LogP) is 2.84. The van der Waals surface area contributed by atoms with Gasteiger partial charge in [0.05, 0.1) is 11.3 Å².